The van der Waals surface area contributed by atoms with Gasteiger partial charge in [-0.3, -0.25) is 4.79 Å². The molecule has 1 rings (SSSR count). The maximum absolute atomic E-state index is 11.8. The highest BCUT2D eigenvalue weighted by atomic mass is 35.5. The number of thioether (sulfide) groups is 1. The SMILES string of the molecule is CC(C)CC(CN)NC(=O)CSc1ccccc1Cl. The molecule has 5 heteroatoms. The first-order valence-electron chi connectivity index (χ1n) is 6.39. The molecule has 0 heterocycles. The van der Waals surface area contributed by atoms with E-state index >= 15 is 0 Å². The standard InChI is InChI=1S/C14H21ClN2OS/c1-10(2)7-11(8-16)17-14(18)9-19-13-6-4-3-5-12(13)15/h3-6,10-11H,7-9,16H2,1-2H3,(H,17,18). The Hall–Kier alpha value is -0.710. The molecule has 1 aromatic carbocycles. The van der Waals surface area contributed by atoms with Gasteiger partial charge >= 0.3 is 0 Å². The highest BCUT2D eigenvalue weighted by molar-refractivity contribution is 8.00. The number of halogens is 1. The van der Waals surface area contributed by atoms with Crippen LogP contribution in [0.4, 0.5) is 0 Å². The van der Waals surface area contributed by atoms with E-state index in [-0.39, 0.29) is 11.9 Å². The Kier molecular flexibility index (Phi) is 7.28. The van der Waals surface area contributed by atoms with Crippen molar-refractivity contribution in [2.45, 2.75) is 31.2 Å². The minimum absolute atomic E-state index is 0.000944. The van der Waals surface area contributed by atoms with Gasteiger partial charge in [-0.1, -0.05) is 37.6 Å². The van der Waals surface area contributed by atoms with Crippen LogP contribution in [0.1, 0.15) is 20.3 Å². The molecule has 0 spiro atoms. The molecule has 1 atom stereocenters. The Morgan fingerprint density at radius 3 is 2.68 bits per heavy atom. The lowest BCUT2D eigenvalue weighted by atomic mass is 10.0. The Morgan fingerprint density at radius 1 is 1.42 bits per heavy atom. The largest absolute Gasteiger partial charge is 0.351 e. The van der Waals surface area contributed by atoms with Gasteiger partial charge in [-0.05, 0) is 24.5 Å². The van der Waals surface area contributed by atoms with Gasteiger partial charge in [-0.2, -0.15) is 0 Å². The van der Waals surface area contributed by atoms with E-state index < -0.39 is 0 Å². The van der Waals surface area contributed by atoms with Crippen LogP contribution in [0.5, 0.6) is 0 Å². The van der Waals surface area contributed by atoms with E-state index in [0.29, 0.717) is 23.2 Å². The van der Waals surface area contributed by atoms with Gasteiger partial charge in [-0.25, -0.2) is 0 Å². The molecule has 3 N–H and O–H groups in total. The van der Waals surface area contributed by atoms with Gasteiger partial charge in [0, 0.05) is 17.5 Å². The van der Waals surface area contributed by atoms with Gasteiger partial charge in [-0.15, -0.1) is 11.8 Å². The normalized spacial score (nSPS) is 12.5. The molecule has 0 saturated heterocycles. The molecule has 0 aliphatic carbocycles. The third-order valence-corrected chi connectivity index (χ3v) is 4.12. The summed E-state index contributed by atoms with van der Waals surface area (Å²) in [5.41, 5.74) is 5.66. The molecule has 1 aromatic rings. The van der Waals surface area contributed by atoms with Gasteiger partial charge in [0.15, 0.2) is 0 Å². The molecule has 19 heavy (non-hydrogen) atoms. The van der Waals surface area contributed by atoms with Crippen LogP contribution in [-0.2, 0) is 4.79 Å². The van der Waals surface area contributed by atoms with Crippen LogP contribution in [-0.4, -0.2) is 24.2 Å². The third-order valence-electron chi connectivity index (χ3n) is 2.60. The topological polar surface area (TPSA) is 55.1 Å². The number of nitrogens with one attached hydrogen (secondary N) is 1. The van der Waals surface area contributed by atoms with E-state index in [9.17, 15) is 4.79 Å². The Labute approximate surface area is 124 Å². The Balaban J connectivity index is 2.41. The summed E-state index contributed by atoms with van der Waals surface area (Å²) < 4.78 is 0. The molecule has 0 saturated carbocycles. The van der Waals surface area contributed by atoms with Crippen LogP contribution in [0.2, 0.25) is 5.02 Å². The second-order valence-corrected chi connectivity index (χ2v) is 6.27. The number of amides is 1. The summed E-state index contributed by atoms with van der Waals surface area (Å²) in [6.45, 7) is 4.71. The predicted molar refractivity (Wildman–Crippen MR) is 82.6 cm³/mol. The molecule has 0 aliphatic rings. The maximum atomic E-state index is 11.8. The van der Waals surface area contributed by atoms with Crippen molar-refractivity contribution in [2.24, 2.45) is 11.7 Å². The monoisotopic (exact) mass is 300 g/mol. The second kappa shape index (κ2) is 8.46. The summed E-state index contributed by atoms with van der Waals surface area (Å²) in [4.78, 5) is 12.8. The highest BCUT2D eigenvalue weighted by Crippen LogP contribution is 2.26. The summed E-state index contributed by atoms with van der Waals surface area (Å²) in [6, 6.07) is 7.57. The van der Waals surface area contributed by atoms with Gasteiger partial charge in [0.25, 0.3) is 0 Å². The van der Waals surface area contributed by atoms with Gasteiger partial charge < -0.3 is 11.1 Å². The zero-order valence-electron chi connectivity index (χ0n) is 11.4. The van der Waals surface area contributed by atoms with E-state index in [1.165, 1.54) is 11.8 Å². The fourth-order valence-electron chi connectivity index (χ4n) is 1.76. The number of hydrogen-bond donors (Lipinski definition) is 2. The average molecular weight is 301 g/mol. The van der Waals surface area contributed by atoms with Crippen LogP contribution < -0.4 is 11.1 Å². The summed E-state index contributed by atoms with van der Waals surface area (Å²) >= 11 is 7.48. The molecule has 0 bridgehead atoms. The van der Waals surface area contributed by atoms with Crippen LogP contribution >= 0.6 is 23.4 Å². The first-order chi connectivity index (χ1) is 9.02. The Morgan fingerprint density at radius 2 is 2.11 bits per heavy atom. The van der Waals surface area contributed by atoms with Crippen molar-refractivity contribution in [3.63, 3.8) is 0 Å². The van der Waals surface area contributed by atoms with Crippen molar-refractivity contribution in [1.82, 2.24) is 5.32 Å². The van der Waals surface area contributed by atoms with Crippen molar-refractivity contribution < 1.29 is 4.79 Å². The molecular formula is C14H21ClN2OS. The smallest absolute Gasteiger partial charge is 0.230 e. The lowest BCUT2D eigenvalue weighted by Gasteiger charge is -2.18. The molecule has 0 fully saturated rings. The fraction of sp³-hybridized carbons (Fsp3) is 0.500. The molecule has 0 radical (unpaired) electrons. The zero-order chi connectivity index (χ0) is 14.3. The van der Waals surface area contributed by atoms with Crippen molar-refractivity contribution in [3.05, 3.63) is 29.3 Å². The second-order valence-electron chi connectivity index (χ2n) is 4.85. The van der Waals surface area contributed by atoms with Gasteiger partial charge in [0.1, 0.15) is 0 Å². The number of benzene rings is 1. The molecular weight excluding hydrogens is 280 g/mol. The quantitative estimate of drug-likeness (QED) is 0.761. The van der Waals surface area contributed by atoms with E-state index in [1.807, 2.05) is 24.3 Å². The lowest BCUT2D eigenvalue weighted by molar-refractivity contribution is -0.119. The minimum atomic E-state index is 0.000944. The Bertz CT molecular complexity index is 412. The molecule has 1 amide bonds. The number of nitrogens with two attached hydrogens (primary N) is 1. The first kappa shape index (κ1) is 16.3. The van der Waals surface area contributed by atoms with E-state index in [1.54, 1.807) is 0 Å². The third kappa shape index (κ3) is 6.32. The minimum Gasteiger partial charge on any atom is -0.351 e. The van der Waals surface area contributed by atoms with E-state index in [4.69, 9.17) is 17.3 Å². The summed E-state index contributed by atoms with van der Waals surface area (Å²) in [7, 11) is 0. The van der Waals surface area contributed by atoms with Gasteiger partial charge in [0.2, 0.25) is 5.91 Å². The fourth-order valence-corrected chi connectivity index (χ4v) is 2.81. The zero-order valence-corrected chi connectivity index (χ0v) is 12.9. The summed E-state index contributed by atoms with van der Waals surface area (Å²) in [6.07, 6.45) is 0.902. The van der Waals surface area contributed by atoms with E-state index in [2.05, 4.69) is 19.2 Å². The average Bonchev–Trinajstić information content (AvgIpc) is 2.36. The maximum Gasteiger partial charge on any atom is 0.230 e. The highest BCUT2D eigenvalue weighted by Gasteiger charge is 2.13. The summed E-state index contributed by atoms with van der Waals surface area (Å²) in [5.74, 6) is 0.879. The number of hydrogen-bond acceptors (Lipinski definition) is 3. The van der Waals surface area contributed by atoms with Crippen LogP contribution in [0, 0.1) is 5.92 Å². The van der Waals surface area contributed by atoms with Crippen LogP contribution in [0.25, 0.3) is 0 Å². The summed E-state index contributed by atoms with van der Waals surface area (Å²) in [5, 5.41) is 3.64. The molecule has 0 aliphatic heterocycles. The number of carbonyl (C=O) groups is 1. The lowest BCUT2D eigenvalue weighted by Crippen LogP contribution is -2.41. The molecule has 0 aromatic heterocycles. The van der Waals surface area contributed by atoms with Crippen molar-refractivity contribution >= 4 is 29.3 Å². The molecule has 1 unspecified atom stereocenters. The first-order valence-corrected chi connectivity index (χ1v) is 7.76. The van der Waals surface area contributed by atoms with Crippen molar-refractivity contribution in [3.8, 4) is 0 Å². The van der Waals surface area contributed by atoms with Gasteiger partial charge in [0.05, 0.1) is 10.8 Å². The van der Waals surface area contributed by atoms with Crippen molar-refractivity contribution in [2.75, 3.05) is 12.3 Å². The van der Waals surface area contributed by atoms with Crippen molar-refractivity contribution in [1.29, 1.82) is 0 Å². The predicted octanol–water partition coefficient (Wildman–Crippen LogP) is 2.92. The molecule has 3 nitrogen and oxygen atoms in total. The number of carbonyl (C=O) groups excluding carboxylic acids is 1. The number of rotatable bonds is 7. The van der Waals surface area contributed by atoms with Crippen LogP contribution in [0.3, 0.4) is 0 Å². The van der Waals surface area contributed by atoms with E-state index in [0.717, 1.165) is 11.3 Å². The van der Waals surface area contributed by atoms with Crippen LogP contribution in [0.15, 0.2) is 29.2 Å². The molecule has 106 valence electrons.